The average Bonchev–Trinajstić information content (AvgIpc) is 2.78. The number of carbonyl (C=O) groups excluding carboxylic acids is 3. The van der Waals surface area contributed by atoms with Crippen molar-refractivity contribution in [1.29, 1.82) is 0 Å². The van der Waals surface area contributed by atoms with Gasteiger partial charge >= 0.3 is 5.97 Å². The summed E-state index contributed by atoms with van der Waals surface area (Å²) < 4.78 is 4.71. The molecule has 0 saturated heterocycles. The standard InChI is InChI=1S/C23H20N2O4/c1-29-23(28)18-13-8-14-19(15-18)24-22(27)20(16-9-4-2-5-10-16)25-21(26)17-11-6-3-7-12-17/h2-15,20H,1H3,(H,24,27)(H,25,26). The number of hydrogen-bond donors (Lipinski definition) is 2. The van der Waals surface area contributed by atoms with Gasteiger partial charge in [-0.1, -0.05) is 54.6 Å². The van der Waals surface area contributed by atoms with E-state index in [-0.39, 0.29) is 5.91 Å². The minimum absolute atomic E-state index is 0.315. The van der Waals surface area contributed by atoms with Crippen LogP contribution < -0.4 is 10.6 Å². The van der Waals surface area contributed by atoms with Crippen molar-refractivity contribution in [2.24, 2.45) is 0 Å². The van der Waals surface area contributed by atoms with E-state index in [0.29, 0.717) is 22.4 Å². The average molecular weight is 388 g/mol. The summed E-state index contributed by atoms with van der Waals surface area (Å²) in [7, 11) is 1.29. The summed E-state index contributed by atoms with van der Waals surface area (Å²) in [5.41, 5.74) is 1.83. The number of hydrogen-bond acceptors (Lipinski definition) is 4. The van der Waals surface area contributed by atoms with E-state index in [0.717, 1.165) is 0 Å². The van der Waals surface area contributed by atoms with Gasteiger partial charge in [0.05, 0.1) is 12.7 Å². The first-order chi connectivity index (χ1) is 14.1. The molecule has 6 heteroatoms. The highest BCUT2D eigenvalue weighted by Gasteiger charge is 2.23. The molecule has 3 aromatic carbocycles. The fourth-order valence-electron chi connectivity index (χ4n) is 2.81. The lowest BCUT2D eigenvalue weighted by molar-refractivity contribution is -0.118. The van der Waals surface area contributed by atoms with E-state index >= 15 is 0 Å². The molecule has 0 radical (unpaired) electrons. The molecule has 0 aliphatic heterocycles. The zero-order valence-electron chi connectivity index (χ0n) is 15.8. The number of carbonyl (C=O) groups is 3. The summed E-state index contributed by atoms with van der Waals surface area (Å²) in [6, 6.07) is 23.1. The third kappa shape index (κ3) is 5.07. The van der Waals surface area contributed by atoms with E-state index in [1.807, 2.05) is 12.1 Å². The lowest BCUT2D eigenvalue weighted by Crippen LogP contribution is -2.37. The molecular formula is C23H20N2O4. The van der Waals surface area contributed by atoms with Gasteiger partial charge in [0.25, 0.3) is 11.8 Å². The Morgan fingerprint density at radius 1 is 0.793 bits per heavy atom. The molecule has 6 nitrogen and oxygen atoms in total. The molecule has 0 heterocycles. The molecule has 2 N–H and O–H groups in total. The van der Waals surface area contributed by atoms with Crippen LogP contribution in [0.5, 0.6) is 0 Å². The zero-order chi connectivity index (χ0) is 20.6. The number of esters is 1. The van der Waals surface area contributed by atoms with Crippen molar-refractivity contribution in [3.63, 3.8) is 0 Å². The van der Waals surface area contributed by atoms with E-state index in [9.17, 15) is 14.4 Å². The quantitative estimate of drug-likeness (QED) is 0.632. The van der Waals surface area contributed by atoms with Gasteiger partial charge in [-0.25, -0.2) is 4.79 Å². The molecule has 2 amide bonds. The normalized spacial score (nSPS) is 11.2. The molecule has 0 aliphatic rings. The molecule has 1 unspecified atom stereocenters. The molecule has 0 bridgehead atoms. The number of amides is 2. The molecule has 1 atom stereocenters. The fraction of sp³-hybridized carbons (Fsp3) is 0.0870. The second kappa shape index (κ2) is 9.32. The van der Waals surface area contributed by atoms with Crippen LogP contribution in [-0.2, 0) is 9.53 Å². The molecular weight excluding hydrogens is 368 g/mol. The monoisotopic (exact) mass is 388 g/mol. The highest BCUT2D eigenvalue weighted by atomic mass is 16.5. The Morgan fingerprint density at radius 3 is 2.07 bits per heavy atom. The Kier molecular flexibility index (Phi) is 6.37. The maximum atomic E-state index is 13.0. The van der Waals surface area contributed by atoms with Gasteiger partial charge in [-0.2, -0.15) is 0 Å². The van der Waals surface area contributed by atoms with Gasteiger partial charge in [0, 0.05) is 11.3 Å². The van der Waals surface area contributed by atoms with Crippen molar-refractivity contribution in [2.75, 3.05) is 12.4 Å². The second-order valence-electron chi connectivity index (χ2n) is 6.24. The molecule has 3 rings (SSSR count). The molecule has 0 aromatic heterocycles. The van der Waals surface area contributed by atoms with Gasteiger partial charge in [0.2, 0.25) is 0 Å². The predicted octanol–water partition coefficient (Wildman–Crippen LogP) is 3.58. The molecule has 3 aromatic rings. The topological polar surface area (TPSA) is 84.5 Å². The van der Waals surface area contributed by atoms with Gasteiger partial charge in [0.15, 0.2) is 0 Å². The van der Waals surface area contributed by atoms with Gasteiger partial charge in [-0.15, -0.1) is 0 Å². The number of nitrogens with one attached hydrogen (secondary N) is 2. The van der Waals surface area contributed by atoms with Gasteiger partial charge in [-0.3, -0.25) is 9.59 Å². The van der Waals surface area contributed by atoms with Crippen LogP contribution in [0, 0.1) is 0 Å². The largest absolute Gasteiger partial charge is 0.465 e. The molecule has 29 heavy (non-hydrogen) atoms. The molecule has 0 fully saturated rings. The lowest BCUT2D eigenvalue weighted by Gasteiger charge is -2.19. The SMILES string of the molecule is COC(=O)c1cccc(NC(=O)C(NC(=O)c2ccccc2)c2ccccc2)c1. The Bertz CT molecular complexity index is 1000. The summed E-state index contributed by atoms with van der Waals surface area (Å²) in [5, 5.41) is 5.53. The van der Waals surface area contributed by atoms with Gasteiger partial charge < -0.3 is 15.4 Å². The molecule has 0 aliphatic carbocycles. The number of anilines is 1. The van der Waals surface area contributed by atoms with E-state index in [1.165, 1.54) is 13.2 Å². The smallest absolute Gasteiger partial charge is 0.337 e. The van der Waals surface area contributed by atoms with Crippen molar-refractivity contribution >= 4 is 23.5 Å². The molecule has 0 spiro atoms. The van der Waals surface area contributed by atoms with Crippen LogP contribution in [0.2, 0.25) is 0 Å². The predicted molar refractivity (Wildman–Crippen MR) is 110 cm³/mol. The minimum Gasteiger partial charge on any atom is -0.465 e. The summed E-state index contributed by atoms with van der Waals surface area (Å²) in [5.74, 6) is -1.29. The highest BCUT2D eigenvalue weighted by molar-refractivity contribution is 6.02. The van der Waals surface area contributed by atoms with Gasteiger partial charge in [-0.05, 0) is 35.9 Å². The van der Waals surface area contributed by atoms with E-state index in [2.05, 4.69) is 10.6 Å². The van der Waals surface area contributed by atoms with Crippen molar-refractivity contribution < 1.29 is 19.1 Å². The lowest BCUT2D eigenvalue weighted by atomic mass is 10.0. The van der Waals surface area contributed by atoms with Crippen LogP contribution in [0.1, 0.15) is 32.3 Å². The van der Waals surface area contributed by atoms with Crippen LogP contribution in [0.25, 0.3) is 0 Å². The zero-order valence-corrected chi connectivity index (χ0v) is 15.8. The summed E-state index contributed by atoms with van der Waals surface area (Å²) >= 11 is 0. The van der Waals surface area contributed by atoms with Crippen LogP contribution in [0.15, 0.2) is 84.9 Å². The summed E-state index contributed by atoms with van der Waals surface area (Å²) in [4.78, 5) is 37.3. The number of benzene rings is 3. The fourth-order valence-corrected chi connectivity index (χ4v) is 2.81. The van der Waals surface area contributed by atoms with E-state index in [4.69, 9.17) is 4.74 Å². The van der Waals surface area contributed by atoms with Crippen LogP contribution in [0.4, 0.5) is 5.69 Å². The van der Waals surface area contributed by atoms with Crippen molar-refractivity contribution in [3.05, 3.63) is 102 Å². The minimum atomic E-state index is -0.911. The summed E-state index contributed by atoms with van der Waals surface area (Å²) in [6.07, 6.45) is 0. The van der Waals surface area contributed by atoms with E-state index < -0.39 is 17.9 Å². The first kappa shape index (κ1) is 19.8. The van der Waals surface area contributed by atoms with Crippen LogP contribution in [0.3, 0.4) is 0 Å². The maximum absolute atomic E-state index is 13.0. The first-order valence-corrected chi connectivity index (χ1v) is 8.98. The maximum Gasteiger partial charge on any atom is 0.337 e. The molecule has 146 valence electrons. The number of rotatable bonds is 6. The second-order valence-corrected chi connectivity index (χ2v) is 6.24. The number of ether oxygens (including phenoxy) is 1. The van der Waals surface area contributed by atoms with Gasteiger partial charge in [0.1, 0.15) is 6.04 Å². The molecule has 0 saturated carbocycles. The first-order valence-electron chi connectivity index (χ1n) is 8.98. The summed E-state index contributed by atoms with van der Waals surface area (Å²) in [6.45, 7) is 0. The third-order valence-electron chi connectivity index (χ3n) is 4.26. The Balaban J connectivity index is 1.83. The van der Waals surface area contributed by atoms with Crippen LogP contribution in [-0.4, -0.2) is 24.9 Å². The van der Waals surface area contributed by atoms with Crippen LogP contribution >= 0.6 is 0 Å². The van der Waals surface area contributed by atoms with Crippen molar-refractivity contribution in [2.45, 2.75) is 6.04 Å². The Labute approximate surface area is 168 Å². The highest BCUT2D eigenvalue weighted by Crippen LogP contribution is 2.18. The number of methoxy groups -OCH3 is 1. The Morgan fingerprint density at radius 2 is 1.41 bits per heavy atom. The third-order valence-corrected chi connectivity index (χ3v) is 4.26. The van der Waals surface area contributed by atoms with Crippen molar-refractivity contribution in [3.8, 4) is 0 Å². The van der Waals surface area contributed by atoms with Crippen molar-refractivity contribution in [1.82, 2.24) is 5.32 Å². The Hall–Kier alpha value is -3.93. The van der Waals surface area contributed by atoms with E-state index in [1.54, 1.807) is 66.7 Å².